The molecule has 0 unspecified atom stereocenters. The third-order valence-electron chi connectivity index (χ3n) is 3.85. The quantitative estimate of drug-likeness (QED) is 0.0627. The van der Waals surface area contributed by atoms with Crippen molar-refractivity contribution in [2.75, 3.05) is 24.2 Å². The standard InChI is InChI=1S/C18H28BrN3O10S/c19-8-16(27)31-7-3-1-2-4-15(26)32-33-10-12(17(28)21-9-14(24)25)22-13(23)6-5-11(20)18(29)30/h11-12H,1-10,20H2,(H,21,28)(H,22,23)(H,24,25)(H,29,30)/t11-,12-/m0/s1. The summed E-state index contributed by atoms with van der Waals surface area (Å²) in [5, 5.41) is 22.0. The summed E-state index contributed by atoms with van der Waals surface area (Å²) in [6.07, 6.45) is 1.36. The number of hydrogen-bond donors (Lipinski definition) is 5. The van der Waals surface area contributed by atoms with Gasteiger partial charge in [-0.25, -0.2) is 0 Å². The van der Waals surface area contributed by atoms with Crippen LogP contribution in [0.15, 0.2) is 0 Å². The molecule has 0 aliphatic rings. The number of unbranched alkanes of at least 4 members (excludes halogenated alkanes) is 2. The molecule has 2 atom stereocenters. The van der Waals surface area contributed by atoms with Crippen LogP contribution in [-0.4, -0.2) is 82.2 Å². The predicted molar refractivity (Wildman–Crippen MR) is 119 cm³/mol. The van der Waals surface area contributed by atoms with Gasteiger partial charge in [0.2, 0.25) is 11.8 Å². The first kappa shape index (κ1) is 30.6. The number of nitrogens with two attached hydrogens (primary N) is 1. The summed E-state index contributed by atoms with van der Waals surface area (Å²) >= 11 is 3.58. The average Bonchev–Trinajstić information content (AvgIpc) is 2.76. The van der Waals surface area contributed by atoms with E-state index in [-0.39, 0.29) is 42.9 Å². The Bertz CT molecular complexity index is 694. The van der Waals surface area contributed by atoms with E-state index in [1.165, 1.54) is 0 Å². The third-order valence-corrected chi connectivity index (χ3v) is 5.08. The predicted octanol–water partition coefficient (Wildman–Crippen LogP) is -0.446. The minimum Gasteiger partial charge on any atom is -0.480 e. The van der Waals surface area contributed by atoms with Crippen molar-refractivity contribution in [2.24, 2.45) is 5.73 Å². The SMILES string of the molecule is N[C@@H](CCC(=O)N[C@@H](CSOC(=O)CCCCCOC(=O)CBr)C(=O)NCC(=O)O)C(=O)O. The van der Waals surface area contributed by atoms with Crippen LogP contribution in [0, 0.1) is 0 Å². The zero-order valence-corrected chi connectivity index (χ0v) is 20.2. The van der Waals surface area contributed by atoms with Crippen molar-refractivity contribution in [1.82, 2.24) is 10.6 Å². The molecular formula is C18H28BrN3O10S. The lowest BCUT2D eigenvalue weighted by Crippen LogP contribution is -2.49. The summed E-state index contributed by atoms with van der Waals surface area (Å²) in [6.45, 7) is -0.428. The highest BCUT2D eigenvalue weighted by molar-refractivity contribution is 9.09. The number of hydrogen-bond acceptors (Lipinski definition) is 10. The number of carboxylic acids is 2. The molecule has 0 saturated carbocycles. The largest absolute Gasteiger partial charge is 0.480 e. The van der Waals surface area contributed by atoms with Crippen molar-refractivity contribution in [2.45, 2.75) is 50.6 Å². The van der Waals surface area contributed by atoms with Crippen LogP contribution in [0.5, 0.6) is 0 Å². The molecule has 0 bridgehead atoms. The number of esters is 1. The van der Waals surface area contributed by atoms with Crippen LogP contribution >= 0.6 is 28.0 Å². The minimum absolute atomic E-state index is 0.0920. The maximum atomic E-state index is 12.1. The zero-order valence-electron chi connectivity index (χ0n) is 17.7. The summed E-state index contributed by atoms with van der Waals surface area (Å²) < 4.78 is 9.83. The molecule has 0 aliphatic carbocycles. The lowest BCUT2D eigenvalue weighted by molar-refractivity contribution is -0.141. The van der Waals surface area contributed by atoms with Gasteiger partial charge >= 0.3 is 23.9 Å². The Labute approximate surface area is 202 Å². The number of carbonyl (C=O) groups is 6. The molecule has 0 aromatic rings. The maximum absolute atomic E-state index is 12.1. The number of halogens is 1. The molecule has 0 aromatic carbocycles. The van der Waals surface area contributed by atoms with Gasteiger partial charge in [-0.2, -0.15) is 0 Å². The van der Waals surface area contributed by atoms with Crippen molar-refractivity contribution < 1.29 is 47.9 Å². The second-order valence-electron chi connectivity index (χ2n) is 6.62. The summed E-state index contributed by atoms with van der Waals surface area (Å²) in [4.78, 5) is 68.2. The molecule has 0 fully saturated rings. The highest BCUT2D eigenvalue weighted by Crippen LogP contribution is 2.10. The lowest BCUT2D eigenvalue weighted by Gasteiger charge is -2.17. The number of aliphatic carboxylic acids is 2. The minimum atomic E-state index is -1.29. The summed E-state index contributed by atoms with van der Waals surface area (Å²) in [5.74, 6) is -5.17. The van der Waals surface area contributed by atoms with Crippen LogP contribution in [0.1, 0.15) is 38.5 Å². The molecule has 188 valence electrons. The maximum Gasteiger partial charge on any atom is 0.322 e. The highest BCUT2D eigenvalue weighted by Gasteiger charge is 2.23. The highest BCUT2D eigenvalue weighted by atomic mass is 79.9. The molecule has 0 aromatic heterocycles. The van der Waals surface area contributed by atoms with Gasteiger partial charge in [0, 0.05) is 12.8 Å². The third kappa shape index (κ3) is 16.8. The Hall–Kier alpha value is -2.39. The Balaban J connectivity index is 4.42. The fourth-order valence-electron chi connectivity index (χ4n) is 2.13. The number of carbonyl (C=O) groups excluding carboxylic acids is 4. The number of amides is 2. The van der Waals surface area contributed by atoms with Gasteiger partial charge in [0.25, 0.3) is 0 Å². The lowest BCUT2D eigenvalue weighted by atomic mass is 10.1. The van der Waals surface area contributed by atoms with Crippen LogP contribution < -0.4 is 16.4 Å². The number of ether oxygens (including phenoxy) is 1. The van der Waals surface area contributed by atoms with Crippen LogP contribution in [0.4, 0.5) is 0 Å². The van der Waals surface area contributed by atoms with Crippen LogP contribution in [0.25, 0.3) is 0 Å². The Morgan fingerprint density at radius 1 is 1.00 bits per heavy atom. The molecule has 0 radical (unpaired) electrons. The topological polar surface area (TPSA) is 211 Å². The number of nitrogens with one attached hydrogen (secondary N) is 2. The first-order chi connectivity index (χ1) is 15.6. The molecule has 0 aliphatic heterocycles. The van der Waals surface area contributed by atoms with Crippen molar-refractivity contribution >= 4 is 63.7 Å². The van der Waals surface area contributed by atoms with Crippen LogP contribution in [0.2, 0.25) is 0 Å². The van der Waals surface area contributed by atoms with Gasteiger partial charge in [0.1, 0.15) is 24.0 Å². The summed E-state index contributed by atoms with van der Waals surface area (Å²) in [6, 6.07) is -2.47. The molecule has 13 nitrogen and oxygen atoms in total. The average molecular weight is 558 g/mol. The van der Waals surface area contributed by atoms with E-state index >= 15 is 0 Å². The van der Waals surface area contributed by atoms with E-state index in [4.69, 9.17) is 24.9 Å². The monoisotopic (exact) mass is 557 g/mol. The van der Waals surface area contributed by atoms with Gasteiger partial charge in [0.15, 0.2) is 0 Å². The fraction of sp³-hybridized carbons (Fsp3) is 0.667. The van der Waals surface area contributed by atoms with Crippen molar-refractivity contribution in [1.29, 1.82) is 0 Å². The van der Waals surface area contributed by atoms with Crippen molar-refractivity contribution in [3.8, 4) is 0 Å². The number of rotatable bonds is 18. The molecule has 6 N–H and O–H groups in total. The van der Waals surface area contributed by atoms with Gasteiger partial charge in [-0.15, -0.1) is 0 Å². The van der Waals surface area contributed by atoms with Gasteiger partial charge in [-0.3, -0.25) is 28.8 Å². The second-order valence-corrected chi connectivity index (χ2v) is 7.92. The Morgan fingerprint density at radius 2 is 1.70 bits per heavy atom. The van der Waals surface area contributed by atoms with E-state index in [1.807, 2.05) is 0 Å². The normalized spacial score (nSPS) is 12.2. The van der Waals surface area contributed by atoms with E-state index in [0.29, 0.717) is 31.3 Å². The second kappa shape index (κ2) is 18.1. The summed E-state index contributed by atoms with van der Waals surface area (Å²) in [5.41, 5.74) is 5.33. The van der Waals surface area contributed by atoms with Gasteiger partial charge in [-0.05, 0) is 25.7 Å². The Morgan fingerprint density at radius 3 is 2.30 bits per heavy atom. The Kier molecular flexibility index (Phi) is 16.8. The zero-order chi connectivity index (χ0) is 25.2. The molecular weight excluding hydrogens is 530 g/mol. The molecule has 0 heterocycles. The molecule has 33 heavy (non-hydrogen) atoms. The van der Waals surface area contributed by atoms with Gasteiger partial charge in [-0.1, -0.05) is 15.9 Å². The smallest absolute Gasteiger partial charge is 0.322 e. The first-order valence-corrected chi connectivity index (χ1v) is 11.9. The summed E-state index contributed by atoms with van der Waals surface area (Å²) in [7, 11) is 0. The van der Waals surface area contributed by atoms with Crippen molar-refractivity contribution in [3.63, 3.8) is 0 Å². The molecule has 2 amide bonds. The van der Waals surface area contributed by atoms with E-state index < -0.39 is 48.4 Å². The van der Waals surface area contributed by atoms with Crippen molar-refractivity contribution in [3.05, 3.63) is 0 Å². The number of alkyl halides is 1. The number of carboxylic acid groups (broad SMARTS) is 2. The molecule has 15 heteroatoms. The van der Waals surface area contributed by atoms with Gasteiger partial charge in [0.05, 0.1) is 24.4 Å². The fourth-order valence-corrected chi connectivity index (χ4v) is 2.94. The van der Waals surface area contributed by atoms with E-state index in [0.717, 1.165) is 0 Å². The molecule has 0 saturated heterocycles. The van der Waals surface area contributed by atoms with E-state index in [1.54, 1.807) is 0 Å². The van der Waals surface area contributed by atoms with E-state index in [2.05, 4.69) is 26.6 Å². The van der Waals surface area contributed by atoms with Crippen LogP contribution in [0.3, 0.4) is 0 Å². The first-order valence-electron chi connectivity index (χ1n) is 9.88. The molecule has 0 spiro atoms. The van der Waals surface area contributed by atoms with E-state index in [9.17, 15) is 28.8 Å². The molecule has 0 rings (SSSR count). The van der Waals surface area contributed by atoms with Crippen LogP contribution in [-0.2, 0) is 37.7 Å². The van der Waals surface area contributed by atoms with Gasteiger partial charge < -0.3 is 35.5 Å².